The predicted molar refractivity (Wildman–Crippen MR) is 112 cm³/mol. The van der Waals surface area contributed by atoms with E-state index in [0.717, 1.165) is 30.1 Å². The largest absolute Gasteiger partial charge is 0.497 e. The Kier molecular flexibility index (Phi) is 5.59. The molecule has 0 spiro atoms. The van der Waals surface area contributed by atoms with E-state index < -0.39 is 0 Å². The highest BCUT2D eigenvalue weighted by Crippen LogP contribution is 2.33. The van der Waals surface area contributed by atoms with Crippen molar-refractivity contribution in [2.45, 2.75) is 27.2 Å². The van der Waals surface area contributed by atoms with Gasteiger partial charge < -0.3 is 20.7 Å². The Morgan fingerprint density at radius 2 is 1.78 bits per heavy atom. The van der Waals surface area contributed by atoms with Gasteiger partial charge in [0.25, 0.3) is 5.91 Å². The van der Waals surface area contributed by atoms with E-state index in [1.54, 1.807) is 31.4 Å². The summed E-state index contributed by atoms with van der Waals surface area (Å²) >= 11 is 0. The van der Waals surface area contributed by atoms with E-state index in [1.807, 2.05) is 12.1 Å². The molecule has 2 aromatic rings. The Morgan fingerprint density at radius 1 is 1.15 bits per heavy atom. The molecule has 0 unspecified atom stereocenters. The van der Waals surface area contributed by atoms with Crippen molar-refractivity contribution in [2.24, 2.45) is 11.8 Å². The lowest BCUT2D eigenvalue weighted by atomic mass is 9.91. The van der Waals surface area contributed by atoms with Crippen LogP contribution in [0.25, 0.3) is 0 Å². The molecule has 5 nitrogen and oxygen atoms in total. The van der Waals surface area contributed by atoms with Crippen LogP contribution in [0.3, 0.4) is 0 Å². The second-order valence-corrected chi connectivity index (χ2v) is 7.76. The second kappa shape index (κ2) is 7.91. The van der Waals surface area contributed by atoms with Crippen molar-refractivity contribution >= 4 is 23.0 Å². The van der Waals surface area contributed by atoms with Crippen LogP contribution in [0.15, 0.2) is 36.4 Å². The Balaban J connectivity index is 1.83. The molecule has 2 aromatic carbocycles. The van der Waals surface area contributed by atoms with Crippen molar-refractivity contribution in [1.82, 2.24) is 0 Å². The number of carbonyl (C=O) groups excluding carboxylic acids is 1. The number of nitrogens with zero attached hydrogens (tertiary/aromatic N) is 1. The number of nitrogens with one attached hydrogen (secondary N) is 1. The number of aryl methyl sites for hydroxylation is 1. The highest BCUT2D eigenvalue weighted by atomic mass is 16.5. The van der Waals surface area contributed by atoms with E-state index in [4.69, 9.17) is 10.5 Å². The average Bonchev–Trinajstić information content (AvgIpc) is 2.63. The number of anilines is 3. The Bertz CT molecular complexity index is 807. The molecule has 0 radical (unpaired) electrons. The maximum Gasteiger partial charge on any atom is 0.255 e. The molecule has 1 aliphatic rings. The first kappa shape index (κ1) is 19.1. The summed E-state index contributed by atoms with van der Waals surface area (Å²) in [7, 11) is 1.60. The molecule has 2 atom stereocenters. The van der Waals surface area contributed by atoms with E-state index in [9.17, 15) is 4.79 Å². The van der Waals surface area contributed by atoms with Crippen LogP contribution in [0.1, 0.15) is 36.2 Å². The summed E-state index contributed by atoms with van der Waals surface area (Å²) in [5.74, 6) is 1.85. The Labute approximate surface area is 161 Å². The molecule has 1 aliphatic heterocycles. The molecule has 3 rings (SSSR count). The number of rotatable bonds is 4. The molecule has 0 aromatic heterocycles. The van der Waals surface area contributed by atoms with E-state index in [-0.39, 0.29) is 5.91 Å². The zero-order valence-corrected chi connectivity index (χ0v) is 16.6. The number of hydrogen-bond acceptors (Lipinski definition) is 4. The smallest absolute Gasteiger partial charge is 0.255 e. The zero-order chi connectivity index (χ0) is 19.6. The van der Waals surface area contributed by atoms with Crippen LogP contribution in [0.4, 0.5) is 17.1 Å². The molecular weight excluding hydrogens is 338 g/mol. The molecule has 144 valence electrons. The van der Waals surface area contributed by atoms with Crippen molar-refractivity contribution in [3.05, 3.63) is 47.5 Å². The van der Waals surface area contributed by atoms with Crippen molar-refractivity contribution in [3.63, 3.8) is 0 Å². The SMILES string of the molecule is COc1ccc(C(=O)Nc2cc(N3C[C@H](C)C[C@@H](C)C3)c(C)cc2N)cc1. The van der Waals surface area contributed by atoms with E-state index in [0.29, 0.717) is 28.8 Å². The number of methoxy groups -OCH3 is 1. The number of piperidine rings is 1. The first-order chi connectivity index (χ1) is 12.9. The van der Waals surface area contributed by atoms with E-state index in [2.05, 4.69) is 31.0 Å². The van der Waals surface area contributed by atoms with Gasteiger partial charge in [0.2, 0.25) is 0 Å². The van der Waals surface area contributed by atoms with Crippen LogP contribution in [0.5, 0.6) is 5.75 Å². The predicted octanol–water partition coefficient (Wildman–Crippen LogP) is 4.32. The highest BCUT2D eigenvalue weighted by Gasteiger charge is 2.24. The number of amides is 1. The van der Waals surface area contributed by atoms with Crippen molar-refractivity contribution in [3.8, 4) is 5.75 Å². The summed E-state index contributed by atoms with van der Waals surface area (Å²) in [6.45, 7) is 8.72. The Morgan fingerprint density at radius 3 is 2.37 bits per heavy atom. The minimum absolute atomic E-state index is 0.181. The number of carbonyl (C=O) groups is 1. The Hall–Kier alpha value is -2.69. The lowest BCUT2D eigenvalue weighted by Crippen LogP contribution is -2.39. The van der Waals surface area contributed by atoms with E-state index >= 15 is 0 Å². The van der Waals surface area contributed by atoms with Gasteiger partial charge in [-0.1, -0.05) is 13.8 Å². The van der Waals surface area contributed by atoms with E-state index in [1.165, 1.54) is 6.42 Å². The molecule has 1 saturated heterocycles. The molecule has 0 saturated carbocycles. The molecule has 0 bridgehead atoms. The summed E-state index contributed by atoms with van der Waals surface area (Å²) in [6, 6.07) is 11.0. The minimum atomic E-state index is -0.181. The fourth-order valence-corrected chi connectivity index (χ4v) is 3.96. The number of benzene rings is 2. The molecule has 27 heavy (non-hydrogen) atoms. The van der Waals surface area contributed by atoms with Crippen molar-refractivity contribution in [1.29, 1.82) is 0 Å². The normalized spacial score (nSPS) is 19.6. The minimum Gasteiger partial charge on any atom is -0.497 e. The lowest BCUT2D eigenvalue weighted by molar-refractivity contribution is 0.102. The summed E-state index contributed by atoms with van der Waals surface area (Å²) in [4.78, 5) is 15.0. The van der Waals surface area contributed by atoms with Crippen LogP contribution >= 0.6 is 0 Å². The lowest BCUT2D eigenvalue weighted by Gasteiger charge is -2.37. The van der Waals surface area contributed by atoms with Gasteiger partial charge in [0.1, 0.15) is 5.75 Å². The van der Waals surface area contributed by atoms with Gasteiger partial charge in [0.05, 0.1) is 18.5 Å². The quantitative estimate of drug-likeness (QED) is 0.790. The van der Waals surface area contributed by atoms with Crippen LogP contribution in [-0.4, -0.2) is 26.1 Å². The number of hydrogen-bond donors (Lipinski definition) is 2. The first-order valence-corrected chi connectivity index (χ1v) is 9.47. The molecule has 3 N–H and O–H groups in total. The standard InChI is InChI=1S/C22H29N3O2/c1-14-9-15(2)13-25(12-14)21-11-20(19(23)10-16(21)3)24-22(26)17-5-7-18(27-4)8-6-17/h5-8,10-11,14-15H,9,12-13,23H2,1-4H3,(H,24,26)/t14-,15-/m1/s1. The number of ether oxygens (including phenoxy) is 1. The van der Waals surface area contributed by atoms with Gasteiger partial charge in [-0.2, -0.15) is 0 Å². The maximum atomic E-state index is 12.6. The van der Waals surface area contributed by atoms with Gasteiger partial charge in [-0.15, -0.1) is 0 Å². The third-order valence-corrected chi connectivity index (χ3v) is 5.18. The molecule has 1 amide bonds. The zero-order valence-electron chi connectivity index (χ0n) is 16.6. The summed E-state index contributed by atoms with van der Waals surface area (Å²) in [5, 5.41) is 2.96. The maximum absolute atomic E-state index is 12.6. The fraction of sp³-hybridized carbons (Fsp3) is 0.409. The summed E-state index contributed by atoms with van der Waals surface area (Å²) in [5.41, 5.74) is 10.3. The first-order valence-electron chi connectivity index (χ1n) is 9.47. The van der Waals surface area contributed by atoms with Crippen LogP contribution < -0.4 is 20.7 Å². The molecule has 1 heterocycles. The van der Waals surface area contributed by atoms with Crippen LogP contribution in [0, 0.1) is 18.8 Å². The second-order valence-electron chi connectivity index (χ2n) is 7.76. The average molecular weight is 367 g/mol. The number of nitrogens with two attached hydrogens (primary N) is 1. The summed E-state index contributed by atoms with van der Waals surface area (Å²) < 4.78 is 5.14. The highest BCUT2D eigenvalue weighted by molar-refractivity contribution is 6.06. The van der Waals surface area contributed by atoms with Crippen molar-refractivity contribution < 1.29 is 9.53 Å². The van der Waals surface area contributed by atoms with Crippen molar-refractivity contribution in [2.75, 3.05) is 36.1 Å². The molecular formula is C22H29N3O2. The fourth-order valence-electron chi connectivity index (χ4n) is 3.96. The molecule has 1 fully saturated rings. The van der Waals surface area contributed by atoms with Crippen LogP contribution in [0.2, 0.25) is 0 Å². The van der Waals surface area contributed by atoms with Gasteiger partial charge in [0.15, 0.2) is 0 Å². The topological polar surface area (TPSA) is 67.6 Å². The van der Waals surface area contributed by atoms with Crippen LogP contribution in [-0.2, 0) is 0 Å². The summed E-state index contributed by atoms with van der Waals surface area (Å²) in [6.07, 6.45) is 1.26. The van der Waals surface area contributed by atoms with Gasteiger partial charge in [-0.05, 0) is 67.1 Å². The monoisotopic (exact) mass is 367 g/mol. The molecule has 0 aliphatic carbocycles. The van der Waals surface area contributed by atoms with Gasteiger partial charge >= 0.3 is 0 Å². The third kappa shape index (κ3) is 4.35. The number of nitrogen functional groups attached to an aromatic ring is 1. The molecule has 5 heteroatoms. The van der Waals surface area contributed by atoms with Gasteiger partial charge in [-0.25, -0.2) is 0 Å². The van der Waals surface area contributed by atoms with Gasteiger partial charge in [0, 0.05) is 24.3 Å². The third-order valence-electron chi connectivity index (χ3n) is 5.18. The van der Waals surface area contributed by atoms with Gasteiger partial charge in [-0.3, -0.25) is 4.79 Å².